The van der Waals surface area contributed by atoms with Crippen molar-refractivity contribution in [3.63, 3.8) is 0 Å². The summed E-state index contributed by atoms with van der Waals surface area (Å²) in [6.45, 7) is 1.62. The van der Waals surface area contributed by atoms with E-state index in [1.807, 2.05) is 19.1 Å². The van der Waals surface area contributed by atoms with Gasteiger partial charge in [-0.2, -0.15) is 0 Å². The van der Waals surface area contributed by atoms with Gasteiger partial charge in [-0.3, -0.25) is 14.9 Å². The van der Waals surface area contributed by atoms with E-state index in [1.165, 1.54) is 24.3 Å². The highest BCUT2D eigenvalue weighted by atomic mass is 16.6. The first-order valence-corrected chi connectivity index (χ1v) is 9.65. The van der Waals surface area contributed by atoms with Gasteiger partial charge in [0.25, 0.3) is 11.6 Å². The number of methoxy groups -OCH3 is 1. The van der Waals surface area contributed by atoms with Crippen molar-refractivity contribution in [1.29, 1.82) is 0 Å². The van der Waals surface area contributed by atoms with Gasteiger partial charge in [-0.1, -0.05) is 6.07 Å². The van der Waals surface area contributed by atoms with Crippen LogP contribution >= 0.6 is 0 Å². The number of amides is 1. The molecule has 9 heteroatoms. The SMILES string of the molecule is COc1ccc2oc(-c3ccc(C)c(NC(=O)COc4ccc([N+](=O)[O-])cc4)c3)nc2c1. The highest BCUT2D eigenvalue weighted by Gasteiger charge is 2.13. The van der Waals surface area contributed by atoms with Crippen molar-refractivity contribution in [3.05, 3.63) is 76.3 Å². The third-order valence-corrected chi connectivity index (χ3v) is 4.77. The van der Waals surface area contributed by atoms with Gasteiger partial charge in [0.1, 0.15) is 17.0 Å². The van der Waals surface area contributed by atoms with Gasteiger partial charge >= 0.3 is 0 Å². The molecule has 0 saturated heterocycles. The number of nitrogens with one attached hydrogen (secondary N) is 1. The van der Waals surface area contributed by atoms with E-state index in [1.54, 1.807) is 31.4 Å². The summed E-state index contributed by atoms with van der Waals surface area (Å²) in [7, 11) is 1.59. The zero-order chi connectivity index (χ0) is 22.7. The molecule has 0 aliphatic rings. The van der Waals surface area contributed by atoms with E-state index in [4.69, 9.17) is 13.9 Å². The van der Waals surface area contributed by atoms with Crippen LogP contribution in [0.3, 0.4) is 0 Å². The van der Waals surface area contributed by atoms with Gasteiger partial charge in [0, 0.05) is 29.4 Å². The number of hydrogen-bond donors (Lipinski definition) is 1. The first kappa shape index (κ1) is 20.9. The second-order valence-electron chi connectivity index (χ2n) is 6.97. The fourth-order valence-corrected chi connectivity index (χ4v) is 3.05. The molecular weight excluding hydrogens is 414 g/mol. The number of benzene rings is 3. The standard InChI is InChI=1S/C23H19N3O6/c1-14-3-4-15(23-25-20-12-18(30-2)9-10-21(20)32-23)11-19(14)24-22(27)13-31-17-7-5-16(6-8-17)26(28)29/h3-12H,13H2,1-2H3,(H,24,27). The van der Waals surface area contributed by atoms with Gasteiger partial charge in [-0.15, -0.1) is 0 Å². The minimum Gasteiger partial charge on any atom is -0.497 e. The number of aryl methyl sites for hydroxylation is 1. The second-order valence-corrected chi connectivity index (χ2v) is 6.97. The largest absolute Gasteiger partial charge is 0.497 e. The van der Waals surface area contributed by atoms with Crippen LogP contribution in [0.5, 0.6) is 11.5 Å². The van der Waals surface area contributed by atoms with Crippen molar-refractivity contribution in [2.24, 2.45) is 0 Å². The third-order valence-electron chi connectivity index (χ3n) is 4.77. The van der Waals surface area contributed by atoms with Crippen molar-refractivity contribution >= 4 is 28.4 Å². The lowest BCUT2D eigenvalue weighted by Crippen LogP contribution is -2.20. The van der Waals surface area contributed by atoms with Gasteiger partial charge in [0.05, 0.1) is 12.0 Å². The lowest BCUT2D eigenvalue weighted by Gasteiger charge is -2.10. The Morgan fingerprint density at radius 1 is 1.09 bits per heavy atom. The maximum atomic E-state index is 12.4. The Morgan fingerprint density at radius 2 is 1.84 bits per heavy atom. The summed E-state index contributed by atoms with van der Waals surface area (Å²) in [4.78, 5) is 27.1. The van der Waals surface area contributed by atoms with E-state index in [9.17, 15) is 14.9 Å². The number of nitro groups is 1. The molecule has 1 heterocycles. The summed E-state index contributed by atoms with van der Waals surface area (Å²) >= 11 is 0. The number of carbonyl (C=O) groups excluding carboxylic acids is 1. The molecule has 0 bridgehead atoms. The molecule has 0 aliphatic carbocycles. The van der Waals surface area contributed by atoms with Crippen molar-refractivity contribution in [1.82, 2.24) is 4.98 Å². The predicted octanol–water partition coefficient (Wildman–Crippen LogP) is 4.74. The zero-order valence-corrected chi connectivity index (χ0v) is 17.3. The van der Waals surface area contributed by atoms with E-state index in [2.05, 4.69) is 10.3 Å². The molecule has 4 aromatic rings. The summed E-state index contributed by atoms with van der Waals surface area (Å²) in [5.41, 5.74) is 3.41. The topological polar surface area (TPSA) is 117 Å². The molecule has 1 amide bonds. The van der Waals surface area contributed by atoms with Crippen LogP contribution in [-0.2, 0) is 4.79 Å². The van der Waals surface area contributed by atoms with Crippen molar-refractivity contribution < 1.29 is 23.6 Å². The highest BCUT2D eigenvalue weighted by Crippen LogP contribution is 2.29. The second kappa shape index (κ2) is 8.76. The van der Waals surface area contributed by atoms with E-state index >= 15 is 0 Å². The molecule has 32 heavy (non-hydrogen) atoms. The number of hydrogen-bond acceptors (Lipinski definition) is 7. The molecule has 9 nitrogen and oxygen atoms in total. The molecule has 0 atom stereocenters. The molecule has 1 aromatic heterocycles. The van der Waals surface area contributed by atoms with Crippen LogP contribution in [-0.4, -0.2) is 29.5 Å². The van der Waals surface area contributed by atoms with Gasteiger partial charge in [-0.25, -0.2) is 4.98 Å². The number of non-ortho nitro benzene ring substituents is 1. The first-order chi connectivity index (χ1) is 15.4. The first-order valence-electron chi connectivity index (χ1n) is 9.65. The van der Waals surface area contributed by atoms with Crippen LogP contribution in [0.4, 0.5) is 11.4 Å². The van der Waals surface area contributed by atoms with E-state index < -0.39 is 4.92 Å². The maximum Gasteiger partial charge on any atom is 0.269 e. The van der Waals surface area contributed by atoms with Crippen molar-refractivity contribution in [2.45, 2.75) is 6.92 Å². The quantitative estimate of drug-likeness (QED) is 0.330. The van der Waals surface area contributed by atoms with Gasteiger partial charge < -0.3 is 19.2 Å². The Hall–Kier alpha value is -4.40. The number of anilines is 1. The number of aromatic nitrogens is 1. The molecule has 1 N–H and O–H groups in total. The lowest BCUT2D eigenvalue weighted by molar-refractivity contribution is -0.384. The highest BCUT2D eigenvalue weighted by molar-refractivity contribution is 5.93. The van der Waals surface area contributed by atoms with E-state index in [-0.39, 0.29) is 18.2 Å². The summed E-state index contributed by atoms with van der Waals surface area (Å²) in [6.07, 6.45) is 0. The average molecular weight is 433 g/mol. The van der Waals surface area contributed by atoms with Crippen LogP contribution in [0.25, 0.3) is 22.6 Å². The lowest BCUT2D eigenvalue weighted by atomic mass is 10.1. The Balaban J connectivity index is 1.46. The van der Waals surface area contributed by atoms with Crippen LogP contribution in [0, 0.1) is 17.0 Å². The van der Waals surface area contributed by atoms with E-state index in [0.717, 1.165) is 5.56 Å². The normalized spacial score (nSPS) is 10.7. The van der Waals surface area contributed by atoms with Crippen molar-refractivity contribution in [2.75, 3.05) is 19.0 Å². The smallest absolute Gasteiger partial charge is 0.269 e. The molecule has 0 unspecified atom stereocenters. The number of ether oxygens (including phenoxy) is 2. The summed E-state index contributed by atoms with van der Waals surface area (Å²) in [5, 5.41) is 13.5. The van der Waals surface area contributed by atoms with Gasteiger partial charge in [0.2, 0.25) is 5.89 Å². The molecule has 0 fully saturated rings. The van der Waals surface area contributed by atoms with Crippen LogP contribution in [0.1, 0.15) is 5.56 Å². The molecule has 3 aromatic carbocycles. The zero-order valence-electron chi connectivity index (χ0n) is 17.3. The van der Waals surface area contributed by atoms with E-state index in [0.29, 0.717) is 39.7 Å². The summed E-state index contributed by atoms with van der Waals surface area (Å²) in [5.74, 6) is 1.09. The van der Waals surface area contributed by atoms with Crippen LogP contribution in [0.15, 0.2) is 65.1 Å². The van der Waals surface area contributed by atoms with Crippen LogP contribution in [0.2, 0.25) is 0 Å². The molecular formula is C23H19N3O6. The molecule has 0 saturated carbocycles. The Morgan fingerprint density at radius 3 is 2.56 bits per heavy atom. The molecule has 0 radical (unpaired) electrons. The number of nitrogens with zero attached hydrogens (tertiary/aromatic N) is 2. The molecule has 162 valence electrons. The Labute approximate surface area is 182 Å². The van der Waals surface area contributed by atoms with Gasteiger partial charge in [-0.05, 0) is 48.9 Å². The molecule has 0 spiro atoms. The fourth-order valence-electron chi connectivity index (χ4n) is 3.05. The summed E-state index contributed by atoms with van der Waals surface area (Å²) in [6, 6.07) is 16.4. The average Bonchev–Trinajstić information content (AvgIpc) is 3.22. The Kier molecular flexibility index (Phi) is 5.71. The number of rotatable bonds is 7. The third kappa shape index (κ3) is 4.51. The monoisotopic (exact) mass is 433 g/mol. The minimum atomic E-state index is -0.500. The minimum absolute atomic E-state index is 0.0492. The number of oxazole rings is 1. The fraction of sp³-hybridized carbons (Fsp3) is 0.130. The maximum absolute atomic E-state index is 12.4. The van der Waals surface area contributed by atoms with Crippen LogP contribution < -0.4 is 14.8 Å². The molecule has 0 aliphatic heterocycles. The number of fused-ring (bicyclic) bond motifs is 1. The van der Waals surface area contributed by atoms with Gasteiger partial charge in [0.15, 0.2) is 12.2 Å². The Bertz CT molecular complexity index is 1300. The number of carbonyl (C=O) groups is 1. The summed E-state index contributed by atoms with van der Waals surface area (Å²) < 4.78 is 16.5. The van der Waals surface area contributed by atoms with Crippen molar-refractivity contribution in [3.8, 4) is 23.0 Å². The predicted molar refractivity (Wildman–Crippen MR) is 118 cm³/mol. The molecule has 4 rings (SSSR count). The number of nitro benzene ring substituents is 1.